The lowest BCUT2D eigenvalue weighted by Gasteiger charge is -2.23. The zero-order chi connectivity index (χ0) is 20.0. The zero-order valence-corrected chi connectivity index (χ0v) is 16.6. The summed E-state index contributed by atoms with van der Waals surface area (Å²) in [5.41, 5.74) is 10.5. The van der Waals surface area contributed by atoms with Crippen molar-refractivity contribution in [3.05, 3.63) is 0 Å². The maximum atomic E-state index is 11.9. The Balaban J connectivity index is 3.80. The summed E-state index contributed by atoms with van der Waals surface area (Å²) in [5, 5.41) is 2.72. The van der Waals surface area contributed by atoms with E-state index < -0.39 is 6.04 Å². The van der Waals surface area contributed by atoms with E-state index in [-0.39, 0.29) is 24.1 Å². The topological polar surface area (TPSA) is 129 Å². The van der Waals surface area contributed by atoms with Crippen LogP contribution in [-0.4, -0.2) is 88.8 Å². The second-order valence-electron chi connectivity index (χ2n) is 7.17. The highest BCUT2D eigenvalue weighted by Crippen LogP contribution is 2.00. The Morgan fingerprint density at radius 2 is 1.69 bits per heavy atom. The summed E-state index contributed by atoms with van der Waals surface area (Å²) in [7, 11) is 6.31. The number of nitrogens with one attached hydrogen (secondary N) is 1. The molecule has 1 atom stereocenters. The molecular weight excluding hydrogens is 338 g/mol. The first-order valence-electron chi connectivity index (χ1n) is 8.93. The lowest BCUT2D eigenvalue weighted by molar-refractivity contribution is -0.870. The third-order valence-corrected chi connectivity index (χ3v) is 3.52. The number of nitrogens with zero attached hydrogens (tertiary/aromatic N) is 2. The molecule has 9 heteroatoms. The van der Waals surface area contributed by atoms with Crippen molar-refractivity contribution in [2.24, 2.45) is 16.5 Å². The lowest BCUT2D eigenvalue weighted by atomic mass is 10.1. The van der Waals surface area contributed by atoms with E-state index in [1.54, 1.807) is 0 Å². The highest BCUT2D eigenvalue weighted by atomic mass is 16.5. The van der Waals surface area contributed by atoms with Gasteiger partial charge < -0.3 is 30.7 Å². The number of aliphatic imine (C=N–C) groups is 1. The molecule has 0 bridgehead atoms. The van der Waals surface area contributed by atoms with Crippen molar-refractivity contribution in [3.8, 4) is 0 Å². The van der Waals surface area contributed by atoms with Gasteiger partial charge in [-0.15, -0.1) is 0 Å². The van der Waals surface area contributed by atoms with Crippen molar-refractivity contribution >= 4 is 17.6 Å². The third-order valence-electron chi connectivity index (χ3n) is 3.52. The number of Topliss-reactive ketones (excluding diaryl/α,β-unsaturated/α-hetero) is 1. The highest BCUT2D eigenvalue weighted by molar-refractivity contribution is 5.87. The normalized spacial score (nSPS) is 12.5. The molecule has 0 aromatic heterocycles. The summed E-state index contributed by atoms with van der Waals surface area (Å²) in [4.78, 5) is 27.4. The van der Waals surface area contributed by atoms with Gasteiger partial charge in [0.05, 0.1) is 53.6 Å². The van der Waals surface area contributed by atoms with E-state index in [1.807, 2.05) is 0 Å². The molecule has 152 valence electrons. The standard InChI is InChI=1S/C17H35N5O4/c1-14(23)15(6-5-8-20-17(18)19)21-16(24)7-10-25-12-13-26-11-9-22(2,3)4/h15H,5-13H2,1-4H3,(H4-,18,19,20,21,24)/p+1/t15-/m1/s1. The van der Waals surface area contributed by atoms with Gasteiger partial charge in [0.25, 0.3) is 0 Å². The molecule has 0 rings (SSSR count). The fourth-order valence-corrected chi connectivity index (χ4v) is 1.97. The molecule has 26 heavy (non-hydrogen) atoms. The van der Waals surface area contributed by atoms with Gasteiger partial charge in [-0.1, -0.05) is 0 Å². The van der Waals surface area contributed by atoms with Gasteiger partial charge in [0, 0.05) is 13.0 Å². The van der Waals surface area contributed by atoms with Crippen LogP contribution in [0.1, 0.15) is 26.2 Å². The fraction of sp³-hybridized carbons (Fsp3) is 0.824. The van der Waals surface area contributed by atoms with Crippen molar-refractivity contribution in [2.45, 2.75) is 32.2 Å². The molecule has 0 aliphatic rings. The van der Waals surface area contributed by atoms with Gasteiger partial charge in [-0.25, -0.2) is 0 Å². The van der Waals surface area contributed by atoms with Crippen molar-refractivity contribution in [2.75, 3.05) is 60.7 Å². The maximum absolute atomic E-state index is 11.9. The molecule has 0 aromatic carbocycles. The number of hydrogen-bond acceptors (Lipinski definition) is 5. The van der Waals surface area contributed by atoms with Crippen LogP contribution < -0.4 is 16.8 Å². The quantitative estimate of drug-likeness (QED) is 0.150. The van der Waals surface area contributed by atoms with Crippen LogP contribution in [0.15, 0.2) is 4.99 Å². The molecule has 0 heterocycles. The van der Waals surface area contributed by atoms with E-state index in [9.17, 15) is 9.59 Å². The van der Waals surface area contributed by atoms with Gasteiger partial charge in [-0.2, -0.15) is 0 Å². The van der Waals surface area contributed by atoms with Crippen molar-refractivity contribution in [1.29, 1.82) is 0 Å². The number of ether oxygens (including phenoxy) is 2. The monoisotopic (exact) mass is 374 g/mol. The summed E-state index contributed by atoms with van der Waals surface area (Å²) >= 11 is 0. The molecule has 0 aliphatic carbocycles. The number of ketones is 1. The number of rotatable bonds is 15. The zero-order valence-electron chi connectivity index (χ0n) is 16.6. The Morgan fingerprint density at radius 1 is 1.08 bits per heavy atom. The molecule has 0 radical (unpaired) electrons. The Kier molecular flexibility index (Phi) is 12.6. The lowest BCUT2D eigenvalue weighted by Crippen LogP contribution is -2.40. The number of carbonyl (C=O) groups is 2. The van der Waals surface area contributed by atoms with E-state index in [1.165, 1.54) is 6.92 Å². The second-order valence-corrected chi connectivity index (χ2v) is 7.17. The van der Waals surface area contributed by atoms with Crippen LogP contribution in [0.5, 0.6) is 0 Å². The average Bonchev–Trinajstić information content (AvgIpc) is 2.51. The predicted octanol–water partition coefficient (Wildman–Crippen LogP) is -0.757. The van der Waals surface area contributed by atoms with Crippen molar-refractivity contribution < 1.29 is 23.5 Å². The van der Waals surface area contributed by atoms with Crippen LogP contribution in [0.4, 0.5) is 0 Å². The van der Waals surface area contributed by atoms with E-state index in [2.05, 4.69) is 31.5 Å². The van der Waals surface area contributed by atoms with Gasteiger partial charge in [0.15, 0.2) is 11.7 Å². The first-order chi connectivity index (χ1) is 12.1. The SMILES string of the molecule is CC(=O)[C@@H](CCCN=C(N)N)NC(=O)CCOCCOCC[N+](C)(C)C. The first-order valence-corrected chi connectivity index (χ1v) is 8.93. The average molecular weight is 375 g/mol. The molecule has 0 fully saturated rings. The number of amides is 1. The van der Waals surface area contributed by atoms with Gasteiger partial charge in [0.1, 0.15) is 6.54 Å². The Morgan fingerprint density at radius 3 is 2.23 bits per heavy atom. The molecular formula is C17H36N5O4+. The molecule has 5 N–H and O–H groups in total. The molecule has 9 nitrogen and oxygen atoms in total. The Labute approximate surface area is 156 Å². The third kappa shape index (κ3) is 15.8. The number of quaternary nitrogens is 1. The molecule has 0 unspecified atom stereocenters. The summed E-state index contributed by atoms with van der Waals surface area (Å²) in [6, 6.07) is -0.518. The fourth-order valence-electron chi connectivity index (χ4n) is 1.97. The summed E-state index contributed by atoms with van der Waals surface area (Å²) < 4.78 is 11.7. The number of nitrogens with two attached hydrogens (primary N) is 2. The number of guanidine groups is 1. The summed E-state index contributed by atoms with van der Waals surface area (Å²) in [6.45, 7) is 4.73. The number of hydrogen-bond donors (Lipinski definition) is 3. The summed E-state index contributed by atoms with van der Waals surface area (Å²) in [6.07, 6.45) is 1.32. The highest BCUT2D eigenvalue weighted by Gasteiger charge is 2.16. The molecule has 0 aromatic rings. The minimum atomic E-state index is -0.518. The van der Waals surface area contributed by atoms with Crippen LogP contribution in [0.25, 0.3) is 0 Å². The van der Waals surface area contributed by atoms with Crippen LogP contribution in [0, 0.1) is 0 Å². The van der Waals surface area contributed by atoms with E-state index in [4.69, 9.17) is 20.9 Å². The predicted molar refractivity (Wildman–Crippen MR) is 102 cm³/mol. The molecule has 0 saturated carbocycles. The van der Waals surface area contributed by atoms with Crippen LogP contribution >= 0.6 is 0 Å². The number of likely N-dealkylation sites (N-methyl/N-ethyl adjacent to an activating group) is 1. The maximum Gasteiger partial charge on any atom is 0.222 e. The summed E-state index contributed by atoms with van der Waals surface area (Å²) in [5.74, 6) is -0.278. The van der Waals surface area contributed by atoms with E-state index >= 15 is 0 Å². The minimum Gasteiger partial charge on any atom is -0.379 e. The van der Waals surface area contributed by atoms with Gasteiger partial charge in [-0.3, -0.25) is 14.6 Å². The Hall–Kier alpha value is -1.71. The molecule has 0 aliphatic heterocycles. The number of carbonyl (C=O) groups excluding carboxylic acids is 2. The van der Waals surface area contributed by atoms with Crippen molar-refractivity contribution in [3.63, 3.8) is 0 Å². The van der Waals surface area contributed by atoms with Gasteiger partial charge in [-0.05, 0) is 19.8 Å². The smallest absolute Gasteiger partial charge is 0.222 e. The van der Waals surface area contributed by atoms with Crippen LogP contribution in [0.3, 0.4) is 0 Å². The van der Waals surface area contributed by atoms with Crippen LogP contribution in [-0.2, 0) is 19.1 Å². The van der Waals surface area contributed by atoms with Crippen LogP contribution in [0.2, 0.25) is 0 Å². The molecule has 0 spiro atoms. The molecule has 0 saturated heterocycles. The first kappa shape index (κ1) is 24.3. The van der Waals surface area contributed by atoms with E-state index in [0.29, 0.717) is 45.8 Å². The van der Waals surface area contributed by atoms with Gasteiger partial charge in [0.2, 0.25) is 5.91 Å². The van der Waals surface area contributed by atoms with Gasteiger partial charge >= 0.3 is 0 Å². The second kappa shape index (κ2) is 13.5. The minimum absolute atomic E-state index is 0.0204. The van der Waals surface area contributed by atoms with E-state index in [0.717, 1.165) is 11.0 Å². The Bertz CT molecular complexity index is 445. The largest absolute Gasteiger partial charge is 0.379 e. The molecule has 1 amide bonds. The van der Waals surface area contributed by atoms with Crippen molar-refractivity contribution in [1.82, 2.24) is 5.32 Å².